The van der Waals surface area contributed by atoms with Crippen molar-refractivity contribution in [1.82, 2.24) is 19.6 Å². The third-order valence-electron chi connectivity index (χ3n) is 4.52. The first-order valence-corrected chi connectivity index (χ1v) is 6.84. The Morgan fingerprint density at radius 2 is 1.00 bits per heavy atom. The van der Waals surface area contributed by atoms with Crippen molar-refractivity contribution < 1.29 is 0 Å². The number of hydrogen-bond donors (Lipinski definition) is 0. The molecule has 3 aliphatic rings. The molecule has 17 heavy (non-hydrogen) atoms. The predicted molar refractivity (Wildman–Crippen MR) is 72.4 cm³/mol. The fraction of sp³-hybridized carbons (Fsp3) is 1.00. The fourth-order valence-electron chi connectivity index (χ4n) is 2.97. The van der Waals surface area contributed by atoms with Gasteiger partial charge in [-0.3, -0.25) is 0 Å². The minimum Gasteiger partial charge on any atom is -0.304 e. The number of nitrogens with zero attached hydrogens (tertiary/aromatic N) is 4. The molecular weight excluding hydrogens is 212 g/mol. The van der Waals surface area contributed by atoms with Crippen LogP contribution in [0.1, 0.15) is 6.42 Å². The normalized spacial score (nSPS) is 36.0. The average molecular weight is 240 g/mol. The van der Waals surface area contributed by atoms with Crippen LogP contribution in [0.3, 0.4) is 0 Å². The second-order valence-electron chi connectivity index (χ2n) is 6.03. The Hall–Kier alpha value is -0.160. The molecule has 100 valence electrons. The fourth-order valence-corrected chi connectivity index (χ4v) is 2.97. The molecule has 3 rings (SSSR count). The molecular formula is C13H28N4. The van der Waals surface area contributed by atoms with Crippen LogP contribution >= 0.6 is 0 Å². The summed E-state index contributed by atoms with van der Waals surface area (Å²) in [5, 5.41) is 0. The average Bonchev–Trinajstić information content (AvgIpc) is 2.82. The van der Waals surface area contributed by atoms with Crippen molar-refractivity contribution in [3.63, 3.8) is 0 Å². The van der Waals surface area contributed by atoms with Gasteiger partial charge in [-0.1, -0.05) is 0 Å². The van der Waals surface area contributed by atoms with Crippen LogP contribution in [0.25, 0.3) is 0 Å². The summed E-state index contributed by atoms with van der Waals surface area (Å²) in [6.45, 7) is 7.52. The molecule has 0 spiro atoms. The van der Waals surface area contributed by atoms with Gasteiger partial charge < -0.3 is 19.6 Å². The van der Waals surface area contributed by atoms with Crippen LogP contribution in [0.15, 0.2) is 0 Å². The number of piperazine rings is 2. The van der Waals surface area contributed by atoms with Crippen molar-refractivity contribution in [1.29, 1.82) is 0 Å². The molecule has 2 unspecified atom stereocenters. The summed E-state index contributed by atoms with van der Waals surface area (Å²) in [5.41, 5.74) is 0. The topological polar surface area (TPSA) is 13.0 Å². The zero-order valence-corrected chi connectivity index (χ0v) is 11.9. The van der Waals surface area contributed by atoms with Gasteiger partial charge in [0.05, 0.1) is 0 Å². The summed E-state index contributed by atoms with van der Waals surface area (Å²) in [5.74, 6) is 0. The summed E-state index contributed by atoms with van der Waals surface area (Å²) in [4.78, 5) is 9.68. The van der Waals surface area contributed by atoms with Crippen LogP contribution in [0.5, 0.6) is 0 Å². The maximum atomic E-state index is 2.48. The Balaban J connectivity index is 0.000000128. The molecule has 0 N–H and O–H groups in total. The van der Waals surface area contributed by atoms with Gasteiger partial charge in [0, 0.05) is 51.4 Å². The number of hydrogen-bond acceptors (Lipinski definition) is 4. The van der Waals surface area contributed by atoms with Crippen molar-refractivity contribution >= 4 is 0 Å². The standard InChI is InChI=1S/C7H14N2.C6H14N2/c1-8-4-7-3-6(8)5-9(7)2;1-7-3-5-8(2)6-4-7/h6-7H,3-5H2,1-2H3;3-6H2,1-2H3. The van der Waals surface area contributed by atoms with Crippen molar-refractivity contribution in [2.75, 3.05) is 67.5 Å². The highest BCUT2D eigenvalue weighted by molar-refractivity contribution is 4.96. The van der Waals surface area contributed by atoms with Gasteiger partial charge in [0.1, 0.15) is 0 Å². The summed E-state index contributed by atoms with van der Waals surface area (Å²) in [6.07, 6.45) is 1.41. The zero-order valence-electron chi connectivity index (χ0n) is 11.9. The number of likely N-dealkylation sites (N-methyl/N-ethyl adjacent to an activating group) is 4. The minimum atomic E-state index is 0.875. The molecule has 3 fully saturated rings. The van der Waals surface area contributed by atoms with E-state index in [1.165, 1.54) is 45.7 Å². The van der Waals surface area contributed by atoms with Gasteiger partial charge in [-0.2, -0.15) is 0 Å². The van der Waals surface area contributed by atoms with Gasteiger partial charge in [0.15, 0.2) is 0 Å². The SMILES string of the molecule is CN1CC2CC1CN2C.CN1CCN(C)CC1. The molecule has 3 aliphatic heterocycles. The predicted octanol–water partition coefficient (Wildman–Crippen LogP) is -0.132. The summed E-state index contributed by atoms with van der Waals surface area (Å²) in [6, 6.07) is 1.75. The number of fused-ring (bicyclic) bond motifs is 2. The summed E-state index contributed by atoms with van der Waals surface area (Å²) >= 11 is 0. The molecule has 0 radical (unpaired) electrons. The Morgan fingerprint density at radius 3 is 1.24 bits per heavy atom. The quantitative estimate of drug-likeness (QED) is 0.585. The molecule has 4 nitrogen and oxygen atoms in total. The largest absolute Gasteiger partial charge is 0.304 e. The lowest BCUT2D eigenvalue weighted by molar-refractivity contribution is 0.176. The van der Waals surface area contributed by atoms with E-state index in [1.807, 2.05) is 0 Å². The van der Waals surface area contributed by atoms with Gasteiger partial charge >= 0.3 is 0 Å². The van der Waals surface area contributed by atoms with E-state index in [4.69, 9.17) is 0 Å². The van der Waals surface area contributed by atoms with E-state index < -0.39 is 0 Å². The van der Waals surface area contributed by atoms with Crippen LogP contribution in [-0.4, -0.2) is 99.1 Å². The number of likely N-dealkylation sites (tertiary alicyclic amines) is 2. The maximum Gasteiger partial charge on any atom is 0.0236 e. The van der Waals surface area contributed by atoms with E-state index in [9.17, 15) is 0 Å². The van der Waals surface area contributed by atoms with E-state index in [0.29, 0.717) is 0 Å². The first kappa shape index (κ1) is 13.3. The molecule has 4 heteroatoms. The Morgan fingerprint density at radius 1 is 0.647 bits per heavy atom. The second kappa shape index (κ2) is 5.65. The van der Waals surface area contributed by atoms with E-state index in [1.54, 1.807) is 0 Å². The highest BCUT2D eigenvalue weighted by Gasteiger charge is 2.38. The highest BCUT2D eigenvalue weighted by atomic mass is 15.3. The van der Waals surface area contributed by atoms with Crippen molar-refractivity contribution in [2.24, 2.45) is 0 Å². The maximum absolute atomic E-state index is 2.48. The first-order valence-electron chi connectivity index (χ1n) is 6.84. The minimum absolute atomic E-state index is 0.875. The molecule has 0 aliphatic carbocycles. The van der Waals surface area contributed by atoms with Gasteiger partial charge in [0.25, 0.3) is 0 Å². The third kappa shape index (κ3) is 3.41. The Kier molecular flexibility index (Phi) is 4.42. The zero-order chi connectivity index (χ0) is 12.4. The first-order chi connectivity index (χ1) is 8.06. The molecule has 2 atom stereocenters. The molecule has 3 saturated heterocycles. The van der Waals surface area contributed by atoms with Crippen LogP contribution in [0.4, 0.5) is 0 Å². The van der Waals surface area contributed by atoms with Gasteiger partial charge in [-0.15, -0.1) is 0 Å². The lowest BCUT2D eigenvalue weighted by Gasteiger charge is -2.28. The monoisotopic (exact) mass is 240 g/mol. The van der Waals surface area contributed by atoms with Crippen LogP contribution in [-0.2, 0) is 0 Å². The highest BCUT2D eigenvalue weighted by Crippen LogP contribution is 2.27. The summed E-state index contributed by atoms with van der Waals surface area (Å²) in [7, 11) is 8.81. The van der Waals surface area contributed by atoms with Crippen LogP contribution < -0.4 is 0 Å². The lowest BCUT2D eigenvalue weighted by atomic mass is 10.2. The van der Waals surface area contributed by atoms with E-state index in [0.717, 1.165) is 12.1 Å². The van der Waals surface area contributed by atoms with Gasteiger partial charge in [-0.25, -0.2) is 0 Å². The lowest BCUT2D eigenvalue weighted by Crippen LogP contribution is -2.42. The molecule has 0 amide bonds. The smallest absolute Gasteiger partial charge is 0.0236 e. The van der Waals surface area contributed by atoms with E-state index in [-0.39, 0.29) is 0 Å². The van der Waals surface area contributed by atoms with Crippen molar-refractivity contribution in [3.8, 4) is 0 Å². The van der Waals surface area contributed by atoms with Gasteiger partial charge in [0.2, 0.25) is 0 Å². The molecule has 3 heterocycles. The number of rotatable bonds is 0. The molecule has 0 aromatic carbocycles. The van der Waals surface area contributed by atoms with E-state index >= 15 is 0 Å². The van der Waals surface area contributed by atoms with Gasteiger partial charge in [-0.05, 0) is 34.6 Å². The van der Waals surface area contributed by atoms with Crippen molar-refractivity contribution in [2.45, 2.75) is 18.5 Å². The Labute approximate surface area is 106 Å². The molecule has 0 saturated carbocycles. The third-order valence-corrected chi connectivity index (χ3v) is 4.52. The van der Waals surface area contributed by atoms with Crippen molar-refractivity contribution in [3.05, 3.63) is 0 Å². The Bertz CT molecular complexity index is 210. The molecule has 0 aromatic rings. The molecule has 0 aromatic heterocycles. The summed E-state index contributed by atoms with van der Waals surface area (Å²) < 4.78 is 0. The van der Waals surface area contributed by atoms with E-state index in [2.05, 4.69) is 47.8 Å². The van der Waals surface area contributed by atoms with Crippen LogP contribution in [0.2, 0.25) is 0 Å². The molecule has 2 bridgehead atoms. The second-order valence-corrected chi connectivity index (χ2v) is 6.03. The van der Waals surface area contributed by atoms with Crippen LogP contribution in [0, 0.1) is 0 Å².